The molecule has 14 nitrogen and oxygen atoms in total. The van der Waals surface area contributed by atoms with E-state index in [1.807, 2.05) is 0 Å². The predicted octanol–water partition coefficient (Wildman–Crippen LogP) is -0.559. The Labute approximate surface area is 228 Å². The van der Waals surface area contributed by atoms with Crippen molar-refractivity contribution in [2.45, 2.75) is 70.4 Å². The SMILES string of the molecule is CC(C)(O)O.NC(=NCCCCN1CCC(OCC(O)CCCO)CC1)NC(=O)c1nc(Cl)c(N)nc1N. The highest BCUT2D eigenvalue weighted by Crippen LogP contribution is 2.17. The standard InChI is InChI=1S/C20H35ClN8O4.C3H8O2/c21-16-18(23)27-17(22)15(26-16)19(32)28-20(24)25-7-1-2-8-29-9-5-14(6-10-29)33-12-13(31)4-3-11-30;1-3(2,4)5/h13-14,30-31H,1-12H2,(H4,22,23,27)(H3,24,25,28,32);4-5H,1-2H3. The number of aliphatic hydroxyl groups excluding tert-OH is 2. The Kier molecular flexibility index (Phi) is 15.3. The fourth-order valence-corrected chi connectivity index (χ4v) is 3.55. The van der Waals surface area contributed by atoms with Gasteiger partial charge in [0.05, 0.1) is 18.8 Å². The number of nitrogen functional groups attached to an aromatic ring is 2. The van der Waals surface area contributed by atoms with Crippen molar-refractivity contribution in [2.24, 2.45) is 10.7 Å². The van der Waals surface area contributed by atoms with Crippen molar-refractivity contribution in [3.63, 3.8) is 0 Å². The summed E-state index contributed by atoms with van der Waals surface area (Å²) in [7, 11) is 0. The molecule has 0 radical (unpaired) electrons. The lowest BCUT2D eigenvalue weighted by molar-refractivity contribution is -0.127. The van der Waals surface area contributed by atoms with Crippen LogP contribution < -0.4 is 22.5 Å². The van der Waals surface area contributed by atoms with Gasteiger partial charge in [-0.1, -0.05) is 11.6 Å². The van der Waals surface area contributed by atoms with E-state index in [0.29, 0.717) is 26.0 Å². The van der Waals surface area contributed by atoms with E-state index in [2.05, 4.69) is 25.2 Å². The number of likely N-dealkylation sites (tertiary alicyclic amines) is 1. The summed E-state index contributed by atoms with van der Waals surface area (Å²) in [6.45, 7) is 6.33. The molecule has 2 rings (SSSR count). The fraction of sp³-hybridized carbons (Fsp3) is 0.739. The zero-order valence-corrected chi connectivity index (χ0v) is 22.9. The van der Waals surface area contributed by atoms with Gasteiger partial charge in [0.15, 0.2) is 34.2 Å². The molecule has 1 atom stereocenters. The molecule has 0 aromatic carbocycles. The third kappa shape index (κ3) is 15.2. The maximum atomic E-state index is 12.2. The molecule has 11 N–H and O–H groups in total. The molecule has 1 fully saturated rings. The van der Waals surface area contributed by atoms with Crippen LogP contribution in [-0.2, 0) is 4.74 Å². The van der Waals surface area contributed by atoms with Gasteiger partial charge in [0.1, 0.15) is 0 Å². The number of piperidine rings is 1. The fourth-order valence-electron chi connectivity index (χ4n) is 3.43. The summed E-state index contributed by atoms with van der Waals surface area (Å²) >= 11 is 5.78. The topological polar surface area (TPSA) is 239 Å². The minimum Gasteiger partial charge on any atom is -0.396 e. The van der Waals surface area contributed by atoms with E-state index in [0.717, 1.165) is 45.3 Å². The highest BCUT2D eigenvalue weighted by Gasteiger charge is 2.20. The van der Waals surface area contributed by atoms with Gasteiger partial charge < -0.3 is 47.3 Å². The van der Waals surface area contributed by atoms with Crippen molar-refractivity contribution in [2.75, 3.05) is 50.9 Å². The number of nitrogens with two attached hydrogens (primary N) is 3. The van der Waals surface area contributed by atoms with Gasteiger partial charge in [-0.3, -0.25) is 15.1 Å². The zero-order chi connectivity index (χ0) is 28.7. The van der Waals surface area contributed by atoms with Crippen LogP contribution in [0.5, 0.6) is 0 Å². The molecule has 0 aliphatic carbocycles. The molecule has 1 unspecified atom stereocenters. The summed E-state index contributed by atoms with van der Waals surface area (Å²) < 4.78 is 5.79. The van der Waals surface area contributed by atoms with Gasteiger partial charge in [-0.2, -0.15) is 0 Å². The molecular weight excluding hydrogens is 520 g/mol. The largest absolute Gasteiger partial charge is 0.396 e. The highest BCUT2D eigenvalue weighted by molar-refractivity contribution is 6.31. The number of nitrogens with one attached hydrogen (secondary N) is 1. The third-order valence-electron chi connectivity index (χ3n) is 5.28. The van der Waals surface area contributed by atoms with Crippen LogP contribution in [0.25, 0.3) is 0 Å². The maximum Gasteiger partial charge on any atom is 0.280 e. The van der Waals surface area contributed by atoms with Crippen molar-refractivity contribution in [3.05, 3.63) is 10.8 Å². The van der Waals surface area contributed by atoms with Crippen LogP contribution in [0.3, 0.4) is 0 Å². The van der Waals surface area contributed by atoms with E-state index in [1.165, 1.54) is 13.8 Å². The molecule has 0 spiro atoms. The summed E-state index contributed by atoms with van der Waals surface area (Å²) in [6, 6.07) is 0. The lowest BCUT2D eigenvalue weighted by atomic mass is 10.1. The molecule has 1 saturated heterocycles. The smallest absolute Gasteiger partial charge is 0.280 e. The van der Waals surface area contributed by atoms with E-state index in [1.54, 1.807) is 0 Å². The molecule has 1 aliphatic rings. The first kappa shape index (κ1) is 33.7. The number of carbonyl (C=O) groups is 1. The molecule has 38 heavy (non-hydrogen) atoms. The number of halogens is 1. The van der Waals surface area contributed by atoms with E-state index in [-0.39, 0.29) is 41.2 Å². The number of aliphatic imine (C=N–C) groups is 1. The summed E-state index contributed by atoms with van der Waals surface area (Å²) in [5.74, 6) is -2.39. The van der Waals surface area contributed by atoms with E-state index in [4.69, 9.17) is 48.9 Å². The molecule has 1 aromatic heterocycles. The van der Waals surface area contributed by atoms with Crippen molar-refractivity contribution in [3.8, 4) is 0 Å². The van der Waals surface area contributed by atoms with Crippen molar-refractivity contribution >= 4 is 35.1 Å². The van der Waals surface area contributed by atoms with Gasteiger partial charge in [-0.05, 0) is 58.9 Å². The minimum absolute atomic E-state index is 0.0340. The number of hydrogen-bond acceptors (Lipinski definition) is 12. The number of rotatable bonds is 12. The number of nitrogens with zero attached hydrogens (tertiary/aromatic N) is 4. The van der Waals surface area contributed by atoms with Crippen LogP contribution in [-0.4, -0.2) is 105 Å². The first-order valence-electron chi connectivity index (χ1n) is 12.6. The monoisotopic (exact) mass is 562 g/mol. The number of unbranched alkanes of at least 4 members (excludes halogenated alkanes) is 1. The lowest BCUT2D eigenvalue weighted by Gasteiger charge is -2.32. The van der Waals surface area contributed by atoms with Gasteiger partial charge in [0, 0.05) is 26.2 Å². The Hall–Kier alpha value is -2.33. The number of aliphatic hydroxyl groups is 4. The molecule has 1 aromatic rings. The Morgan fingerprint density at radius 3 is 2.45 bits per heavy atom. The maximum absolute atomic E-state index is 12.2. The van der Waals surface area contributed by atoms with Crippen LogP contribution in [0.4, 0.5) is 11.6 Å². The van der Waals surface area contributed by atoms with Gasteiger partial charge in [-0.25, -0.2) is 9.97 Å². The molecule has 0 bridgehead atoms. The summed E-state index contributed by atoms with van der Waals surface area (Å²) in [6.07, 6.45) is 4.45. The second kappa shape index (κ2) is 17.3. The van der Waals surface area contributed by atoms with Crippen molar-refractivity contribution in [1.29, 1.82) is 0 Å². The van der Waals surface area contributed by atoms with Crippen LogP contribution in [0.15, 0.2) is 4.99 Å². The number of guanidine groups is 1. The van der Waals surface area contributed by atoms with Crippen LogP contribution in [0, 0.1) is 0 Å². The third-order valence-corrected chi connectivity index (χ3v) is 5.56. The van der Waals surface area contributed by atoms with Crippen molar-refractivity contribution in [1.82, 2.24) is 20.2 Å². The van der Waals surface area contributed by atoms with E-state index < -0.39 is 17.8 Å². The summed E-state index contributed by atoms with van der Waals surface area (Å²) in [5.41, 5.74) is 16.7. The second-order valence-electron chi connectivity index (χ2n) is 9.45. The Morgan fingerprint density at radius 1 is 1.21 bits per heavy atom. The van der Waals surface area contributed by atoms with Gasteiger partial charge in [0.2, 0.25) is 0 Å². The molecular formula is C23H43ClN8O6. The predicted molar refractivity (Wildman–Crippen MR) is 145 cm³/mol. The average molecular weight is 563 g/mol. The number of anilines is 2. The van der Waals surface area contributed by atoms with Crippen LogP contribution in [0.1, 0.15) is 62.9 Å². The zero-order valence-electron chi connectivity index (χ0n) is 22.1. The number of carbonyl (C=O) groups excluding carboxylic acids is 1. The minimum atomic E-state index is -1.50. The number of ether oxygens (including phenoxy) is 1. The van der Waals surface area contributed by atoms with Gasteiger partial charge in [-0.15, -0.1) is 0 Å². The van der Waals surface area contributed by atoms with Crippen molar-refractivity contribution < 1.29 is 30.0 Å². The van der Waals surface area contributed by atoms with Crippen LogP contribution >= 0.6 is 11.6 Å². The molecule has 1 amide bonds. The number of aromatic nitrogens is 2. The Balaban J connectivity index is 0.00000132. The average Bonchev–Trinajstić information content (AvgIpc) is 2.83. The first-order valence-corrected chi connectivity index (χ1v) is 12.9. The molecule has 0 saturated carbocycles. The van der Waals surface area contributed by atoms with Crippen LogP contribution in [0.2, 0.25) is 5.15 Å². The highest BCUT2D eigenvalue weighted by atomic mass is 35.5. The van der Waals surface area contributed by atoms with E-state index in [9.17, 15) is 9.90 Å². The molecule has 1 aliphatic heterocycles. The normalized spacial score (nSPS) is 16.0. The van der Waals surface area contributed by atoms with E-state index >= 15 is 0 Å². The molecule has 2 heterocycles. The summed E-state index contributed by atoms with van der Waals surface area (Å²) in [4.78, 5) is 26.3. The Bertz CT molecular complexity index is 872. The second-order valence-corrected chi connectivity index (χ2v) is 9.81. The summed E-state index contributed by atoms with van der Waals surface area (Å²) in [5, 5.41) is 37.0. The first-order chi connectivity index (χ1) is 17.8. The molecule has 15 heteroatoms. The quantitative estimate of drug-likeness (QED) is 0.0692. The lowest BCUT2D eigenvalue weighted by Crippen LogP contribution is -2.38. The Morgan fingerprint density at radius 2 is 1.84 bits per heavy atom. The molecule has 218 valence electrons. The number of amides is 1. The van der Waals surface area contributed by atoms with Gasteiger partial charge in [0.25, 0.3) is 5.91 Å². The van der Waals surface area contributed by atoms with Gasteiger partial charge >= 0.3 is 0 Å². The number of hydrogen-bond donors (Lipinski definition) is 8.